The van der Waals surface area contributed by atoms with Crippen LogP contribution in [0.1, 0.15) is 18.0 Å². The van der Waals surface area contributed by atoms with E-state index in [1.807, 2.05) is 12.1 Å². The molecule has 3 N–H and O–H groups in total. The SMILES string of the molecule is NC(c1cccc(Br)c1)C1CCNC1. The van der Waals surface area contributed by atoms with E-state index in [1.165, 1.54) is 12.0 Å². The van der Waals surface area contributed by atoms with Gasteiger partial charge in [-0.05, 0) is 43.1 Å². The van der Waals surface area contributed by atoms with Crippen molar-refractivity contribution in [2.75, 3.05) is 13.1 Å². The average molecular weight is 255 g/mol. The van der Waals surface area contributed by atoms with Crippen LogP contribution in [-0.2, 0) is 0 Å². The highest BCUT2D eigenvalue weighted by Crippen LogP contribution is 2.26. The van der Waals surface area contributed by atoms with Crippen molar-refractivity contribution >= 4 is 15.9 Å². The largest absolute Gasteiger partial charge is 0.324 e. The molecule has 1 aliphatic heterocycles. The van der Waals surface area contributed by atoms with Crippen molar-refractivity contribution in [2.45, 2.75) is 12.5 Å². The van der Waals surface area contributed by atoms with E-state index >= 15 is 0 Å². The van der Waals surface area contributed by atoms with Crippen LogP contribution >= 0.6 is 15.9 Å². The molecule has 0 aliphatic carbocycles. The molecular weight excluding hydrogens is 240 g/mol. The van der Waals surface area contributed by atoms with Crippen molar-refractivity contribution < 1.29 is 0 Å². The van der Waals surface area contributed by atoms with Crippen LogP contribution in [0, 0.1) is 5.92 Å². The fraction of sp³-hybridized carbons (Fsp3) is 0.455. The van der Waals surface area contributed by atoms with Gasteiger partial charge in [-0.25, -0.2) is 0 Å². The number of hydrogen-bond donors (Lipinski definition) is 2. The number of hydrogen-bond acceptors (Lipinski definition) is 2. The molecule has 1 aromatic rings. The van der Waals surface area contributed by atoms with Crippen LogP contribution in [-0.4, -0.2) is 13.1 Å². The van der Waals surface area contributed by atoms with Gasteiger partial charge in [0, 0.05) is 10.5 Å². The molecule has 0 saturated carbocycles. The monoisotopic (exact) mass is 254 g/mol. The molecule has 0 amide bonds. The molecule has 2 atom stereocenters. The van der Waals surface area contributed by atoms with Gasteiger partial charge in [0.1, 0.15) is 0 Å². The Bertz CT molecular complexity index is 308. The number of nitrogens with one attached hydrogen (secondary N) is 1. The molecule has 1 fully saturated rings. The summed E-state index contributed by atoms with van der Waals surface area (Å²) in [5.41, 5.74) is 7.44. The third-order valence-electron chi connectivity index (χ3n) is 2.84. The highest BCUT2D eigenvalue weighted by atomic mass is 79.9. The summed E-state index contributed by atoms with van der Waals surface area (Å²) in [6.45, 7) is 2.15. The maximum absolute atomic E-state index is 6.21. The fourth-order valence-corrected chi connectivity index (χ4v) is 2.39. The summed E-state index contributed by atoms with van der Waals surface area (Å²) in [7, 11) is 0. The molecule has 1 saturated heterocycles. The predicted octanol–water partition coefficient (Wildman–Crippen LogP) is 2.06. The maximum Gasteiger partial charge on any atom is 0.0336 e. The fourth-order valence-electron chi connectivity index (χ4n) is 1.97. The second-order valence-corrected chi connectivity index (χ2v) is 4.75. The first-order valence-corrected chi connectivity index (χ1v) is 5.78. The summed E-state index contributed by atoms with van der Waals surface area (Å²) in [6.07, 6.45) is 1.19. The molecule has 1 heterocycles. The van der Waals surface area contributed by atoms with Gasteiger partial charge in [-0.3, -0.25) is 0 Å². The Balaban J connectivity index is 2.13. The van der Waals surface area contributed by atoms with Crippen molar-refractivity contribution in [3.8, 4) is 0 Å². The van der Waals surface area contributed by atoms with Crippen LogP contribution < -0.4 is 11.1 Å². The first-order chi connectivity index (χ1) is 6.77. The lowest BCUT2D eigenvalue weighted by Crippen LogP contribution is -2.23. The molecule has 1 aromatic carbocycles. The second-order valence-electron chi connectivity index (χ2n) is 3.83. The minimum absolute atomic E-state index is 0.169. The summed E-state index contributed by atoms with van der Waals surface area (Å²) >= 11 is 3.47. The van der Waals surface area contributed by atoms with Crippen LogP contribution in [0.25, 0.3) is 0 Å². The van der Waals surface area contributed by atoms with Gasteiger partial charge in [0.05, 0.1) is 0 Å². The zero-order valence-corrected chi connectivity index (χ0v) is 9.63. The first kappa shape index (κ1) is 10.1. The third-order valence-corrected chi connectivity index (χ3v) is 3.33. The summed E-state index contributed by atoms with van der Waals surface area (Å²) in [4.78, 5) is 0. The van der Waals surface area contributed by atoms with E-state index in [0.29, 0.717) is 5.92 Å². The van der Waals surface area contributed by atoms with Crippen LogP contribution in [0.4, 0.5) is 0 Å². The summed E-state index contributed by atoms with van der Waals surface area (Å²) in [5, 5.41) is 3.35. The Morgan fingerprint density at radius 1 is 1.50 bits per heavy atom. The first-order valence-electron chi connectivity index (χ1n) is 4.99. The Morgan fingerprint density at radius 2 is 2.36 bits per heavy atom. The van der Waals surface area contributed by atoms with Gasteiger partial charge < -0.3 is 11.1 Å². The zero-order chi connectivity index (χ0) is 9.97. The van der Waals surface area contributed by atoms with Crippen LogP contribution in [0.5, 0.6) is 0 Å². The lowest BCUT2D eigenvalue weighted by molar-refractivity contribution is 0.470. The normalized spacial score (nSPS) is 23.7. The second kappa shape index (κ2) is 4.43. The number of benzene rings is 1. The zero-order valence-electron chi connectivity index (χ0n) is 8.04. The molecule has 1 aliphatic rings. The van der Waals surface area contributed by atoms with E-state index in [0.717, 1.165) is 17.6 Å². The number of nitrogens with two attached hydrogens (primary N) is 1. The molecule has 0 aromatic heterocycles. The quantitative estimate of drug-likeness (QED) is 0.848. The minimum Gasteiger partial charge on any atom is -0.324 e. The Kier molecular flexibility index (Phi) is 3.21. The highest BCUT2D eigenvalue weighted by molar-refractivity contribution is 9.10. The Hall–Kier alpha value is -0.380. The van der Waals surface area contributed by atoms with Gasteiger partial charge in [-0.1, -0.05) is 28.1 Å². The minimum atomic E-state index is 0.169. The lowest BCUT2D eigenvalue weighted by Gasteiger charge is -2.18. The number of halogens is 1. The summed E-state index contributed by atoms with van der Waals surface area (Å²) in [5.74, 6) is 0.587. The van der Waals surface area contributed by atoms with E-state index in [4.69, 9.17) is 5.73 Å². The van der Waals surface area contributed by atoms with Gasteiger partial charge in [0.25, 0.3) is 0 Å². The van der Waals surface area contributed by atoms with Crippen LogP contribution in [0.2, 0.25) is 0 Å². The molecule has 2 rings (SSSR count). The molecule has 0 radical (unpaired) electrons. The van der Waals surface area contributed by atoms with Gasteiger partial charge in [-0.15, -0.1) is 0 Å². The lowest BCUT2D eigenvalue weighted by atomic mass is 9.93. The van der Waals surface area contributed by atoms with Crippen molar-refractivity contribution in [1.82, 2.24) is 5.32 Å². The van der Waals surface area contributed by atoms with E-state index in [9.17, 15) is 0 Å². The van der Waals surface area contributed by atoms with Crippen molar-refractivity contribution in [1.29, 1.82) is 0 Å². The standard InChI is InChI=1S/C11H15BrN2/c12-10-3-1-2-8(6-10)11(13)9-4-5-14-7-9/h1-3,6,9,11,14H,4-5,7,13H2. The number of rotatable bonds is 2. The highest BCUT2D eigenvalue weighted by Gasteiger charge is 2.22. The van der Waals surface area contributed by atoms with E-state index in [2.05, 4.69) is 33.4 Å². The van der Waals surface area contributed by atoms with E-state index in [1.54, 1.807) is 0 Å². The molecule has 14 heavy (non-hydrogen) atoms. The third kappa shape index (κ3) is 2.16. The van der Waals surface area contributed by atoms with E-state index < -0.39 is 0 Å². The van der Waals surface area contributed by atoms with Gasteiger partial charge in [-0.2, -0.15) is 0 Å². The van der Waals surface area contributed by atoms with Gasteiger partial charge >= 0.3 is 0 Å². The molecule has 76 valence electrons. The smallest absolute Gasteiger partial charge is 0.0336 e. The molecule has 2 nitrogen and oxygen atoms in total. The van der Waals surface area contributed by atoms with Gasteiger partial charge in [0.15, 0.2) is 0 Å². The Morgan fingerprint density at radius 3 is 3.00 bits per heavy atom. The molecule has 3 heteroatoms. The molecular formula is C11H15BrN2. The topological polar surface area (TPSA) is 38.0 Å². The van der Waals surface area contributed by atoms with Crippen LogP contribution in [0.15, 0.2) is 28.7 Å². The molecule has 0 spiro atoms. The Labute approximate surface area is 93.0 Å². The molecule has 0 bridgehead atoms. The van der Waals surface area contributed by atoms with Crippen molar-refractivity contribution in [3.05, 3.63) is 34.3 Å². The molecule has 2 unspecified atom stereocenters. The van der Waals surface area contributed by atoms with Crippen molar-refractivity contribution in [3.63, 3.8) is 0 Å². The van der Waals surface area contributed by atoms with Gasteiger partial charge in [0.2, 0.25) is 0 Å². The van der Waals surface area contributed by atoms with Crippen LogP contribution in [0.3, 0.4) is 0 Å². The average Bonchev–Trinajstić information content (AvgIpc) is 2.69. The summed E-state index contributed by atoms with van der Waals surface area (Å²) < 4.78 is 1.11. The predicted molar refractivity (Wildman–Crippen MR) is 62.0 cm³/mol. The summed E-state index contributed by atoms with van der Waals surface area (Å²) in [6, 6.07) is 8.46. The maximum atomic E-state index is 6.21. The van der Waals surface area contributed by atoms with E-state index in [-0.39, 0.29) is 6.04 Å². The van der Waals surface area contributed by atoms with Crippen molar-refractivity contribution in [2.24, 2.45) is 11.7 Å².